The van der Waals surface area contributed by atoms with Crippen molar-refractivity contribution in [1.82, 2.24) is 21.3 Å². The van der Waals surface area contributed by atoms with Gasteiger partial charge in [0.05, 0.1) is 37.8 Å². The quantitative estimate of drug-likeness (QED) is 0.0444. The standard InChI is InChI=1S/C22H34N6O13/c23-4-2-1-3-10(9-29)25-20(39)12(6-16(32)33)27-22(41)14(8-18(36)37)28-21(40)13(7-17(34)35)26-19(38)11(24)5-15(30)31/h9-14H,1-8,23-24H2,(H,25,39)(H,26,38)(H,27,41)(H,28,40)(H,30,31)(H,32,33)(H,34,35)(H,36,37)/t10-,11-,12-,13-,14-/m0/s1. The molecule has 41 heavy (non-hydrogen) atoms. The van der Waals surface area contributed by atoms with E-state index in [1.807, 2.05) is 16.0 Å². The van der Waals surface area contributed by atoms with Crippen LogP contribution in [-0.2, 0) is 43.2 Å². The van der Waals surface area contributed by atoms with Crippen LogP contribution in [0.3, 0.4) is 0 Å². The van der Waals surface area contributed by atoms with Gasteiger partial charge >= 0.3 is 23.9 Å². The third-order valence-electron chi connectivity index (χ3n) is 5.23. The molecule has 0 aromatic heterocycles. The molecular formula is C22H34N6O13. The number of nitrogens with one attached hydrogen (secondary N) is 4. The zero-order chi connectivity index (χ0) is 31.7. The highest BCUT2D eigenvalue weighted by molar-refractivity contribution is 5.98. The summed E-state index contributed by atoms with van der Waals surface area (Å²) >= 11 is 0. The maximum Gasteiger partial charge on any atom is 0.305 e. The number of carbonyl (C=O) groups excluding carboxylic acids is 5. The first-order valence-electron chi connectivity index (χ1n) is 12.1. The fraction of sp³-hybridized carbons (Fsp3) is 0.591. The Morgan fingerprint density at radius 2 is 0.951 bits per heavy atom. The lowest BCUT2D eigenvalue weighted by Crippen LogP contribution is -2.59. The van der Waals surface area contributed by atoms with Gasteiger partial charge in [0.15, 0.2) is 0 Å². The van der Waals surface area contributed by atoms with E-state index in [4.69, 9.17) is 26.8 Å². The first-order valence-corrected chi connectivity index (χ1v) is 12.1. The molecule has 19 nitrogen and oxygen atoms in total. The Bertz CT molecular complexity index is 1000. The van der Waals surface area contributed by atoms with Crippen LogP contribution in [0.2, 0.25) is 0 Å². The summed E-state index contributed by atoms with van der Waals surface area (Å²) in [4.78, 5) is 106. The van der Waals surface area contributed by atoms with Gasteiger partial charge in [0.2, 0.25) is 23.6 Å². The average Bonchev–Trinajstić information content (AvgIpc) is 2.85. The van der Waals surface area contributed by atoms with Crippen molar-refractivity contribution in [3.05, 3.63) is 0 Å². The van der Waals surface area contributed by atoms with Gasteiger partial charge in [0.1, 0.15) is 24.4 Å². The van der Waals surface area contributed by atoms with Crippen LogP contribution in [0.4, 0.5) is 0 Å². The molecule has 0 saturated heterocycles. The summed E-state index contributed by atoms with van der Waals surface area (Å²) in [5.74, 6) is -11.4. The van der Waals surface area contributed by atoms with E-state index in [1.165, 1.54) is 0 Å². The van der Waals surface area contributed by atoms with Crippen LogP contribution >= 0.6 is 0 Å². The van der Waals surface area contributed by atoms with E-state index in [0.29, 0.717) is 25.7 Å². The molecule has 0 aliphatic rings. The molecule has 12 N–H and O–H groups in total. The molecule has 4 amide bonds. The fourth-order valence-corrected chi connectivity index (χ4v) is 3.22. The number of rotatable bonds is 21. The van der Waals surface area contributed by atoms with E-state index >= 15 is 0 Å². The van der Waals surface area contributed by atoms with Crippen LogP contribution in [0, 0.1) is 0 Å². The van der Waals surface area contributed by atoms with Gasteiger partial charge in [-0.05, 0) is 25.8 Å². The molecule has 0 aliphatic carbocycles. The molecule has 0 rings (SSSR count). The number of amides is 4. The van der Waals surface area contributed by atoms with Crippen molar-refractivity contribution in [2.75, 3.05) is 6.54 Å². The smallest absolute Gasteiger partial charge is 0.305 e. The van der Waals surface area contributed by atoms with Crippen molar-refractivity contribution >= 4 is 53.8 Å². The predicted octanol–water partition coefficient (Wildman–Crippen LogP) is -4.52. The molecule has 0 fully saturated rings. The van der Waals surface area contributed by atoms with Gasteiger partial charge in [-0.15, -0.1) is 0 Å². The summed E-state index contributed by atoms with van der Waals surface area (Å²) in [5, 5.41) is 44.2. The number of unbranched alkanes of at least 4 members (excludes halogenated alkanes) is 1. The van der Waals surface area contributed by atoms with E-state index in [1.54, 1.807) is 0 Å². The lowest BCUT2D eigenvalue weighted by Gasteiger charge is -2.25. The first-order chi connectivity index (χ1) is 19.1. The molecule has 0 heterocycles. The summed E-state index contributed by atoms with van der Waals surface area (Å²) in [6, 6.07) is -8.51. The first kappa shape index (κ1) is 36.4. The molecular weight excluding hydrogens is 556 g/mol. The van der Waals surface area contributed by atoms with Crippen molar-refractivity contribution in [3.8, 4) is 0 Å². The van der Waals surface area contributed by atoms with Crippen LogP contribution < -0.4 is 32.7 Å². The van der Waals surface area contributed by atoms with E-state index in [0.717, 1.165) is 0 Å². The van der Waals surface area contributed by atoms with Crippen molar-refractivity contribution in [3.63, 3.8) is 0 Å². The van der Waals surface area contributed by atoms with Crippen molar-refractivity contribution in [1.29, 1.82) is 0 Å². The molecule has 0 aromatic carbocycles. The summed E-state index contributed by atoms with van der Waals surface area (Å²) < 4.78 is 0. The van der Waals surface area contributed by atoms with Crippen molar-refractivity contribution < 1.29 is 63.6 Å². The maximum atomic E-state index is 12.8. The van der Waals surface area contributed by atoms with Gasteiger partial charge in [-0.2, -0.15) is 0 Å². The monoisotopic (exact) mass is 590 g/mol. The van der Waals surface area contributed by atoms with Gasteiger partial charge < -0.3 is 58.0 Å². The number of carbonyl (C=O) groups is 9. The van der Waals surface area contributed by atoms with Gasteiger partial charge in [-0.1, -0.05) is 0 Å². The second-order valence-corrected chi connectivity index (χ2v) is 8.72. The Morgan fingerprint density at radius 3 is 1.29 bits per heavy atom. The number of hydrogen-bond donors (Lipinski definition) is 10. The number of hydrogen-bond acceptors (Lipinski definition) is 11. The van der Waals surface area contributed by atoms with Crippen molar-refractivity contribution in [2.24, 2.45) is 11.5 Å². The summed E-state index contributed by atoms with van der Waals surface area (Å²) in [6.45, 7) is 0.319. The number of aliphatic carboxylic acids is 4. The average molecular weight is 591 g/mol. The molecule has 0 radical (unpaired) electrons. The highest BCUT2D eigenvalue weighted by Gasteiger charge is 2.33. The Hall–Kier alpha value is -4.65. The van der Waals surface area contributed by atoms with E-state index in [2.05, 4.69) is 5.32 Å². The molecule has 0 bridgehead atoms. The number of carboxylic acid groups (broad SMARTS) is 4. The van der Waals surface area contributed by atoms with E-state index in [9.17, 15) is 48.3 Å². The van der Waals surface area contributed by atoms with Crippen LogP contribution in [-0.4, -0.2) is 111 Å². The minimum atomic E-state index is -2.00. The summed E-state index contributed by atoms with van der Waals surface area (Å²) in [7, 11) is 0. The number of aldehydes is 1. The van der Waals surface area contributed by atoms with E-state index in [-0.39, 0.29) is 6.42 Å². The second-order valence-electron chi connectivity index (χ2n) is 8.72. The molecule has 0 spiro atoms. The highest BCUT2D eigenvalue weighted by Crippen LogP contribution is 2.04. The van der Waals surface area contributed by atoms with Crippen LogP contribution in [0.1, 0.15) is 44.9 Å². The van der Waals surface area contributed by atoms with Crippen LogP contribution in [0.15, 0.2) is 0 Å². The Labute approximate surface area is 232 Å². The molecule has 0 aliphatic heterocycles. The van der Waals surface area contributed by atoms with Crippen LogP contribution in [0.5, 0.6) is 0 Å². The minimum Gasteiger partial charge on any atom is -0.481 e. The Kier molecular flexibility index (Phi) is 16.5. The summed E-state index contributed by atoms with van der Waals surface area (Å²) in [5.41, 5.74) is 10.8. The number of carboxylic acids is 4. The predicted molar refractivity (Wildman–Crippen MR) is 134 cm³/mol. The largest absolute Gasteiger partial charge is 0.481 e. The molecule has 0 saturated carbocycles. The third-order valence-corrected chi connectivity index (χ3v) is 5.23. The van der Waals surface area contributed by atoms with Gasteiger partial charge in [0, 0.05) is 0 Å². The normalized spacial score (nSPS) is 14.2. The number of nitrogens with two attached hydrogens (primary N) is 2. The van der Waals surface area contributed by atoms with Gasteiger partial charge in [-0.25, -0.2) is 0 Å². The second kappa shape index (κ2) is 18.6. The highest BCUT2D eigenvalue weighted by atomic mass is 16.4. The van der Waals surface area contributed by atoms with Gasteiger partial charge in [0.25, 0.3) is 0 Å². The minimum absolute atomic E-state index is 0.157. The maximum absolute atomic E-state index is 12.8. The Morgan fingerprint density at radius 1 is 0.585 bits per heavy atom. The topological polar surface area (TPSA) is 335 Å². The molecule has 0 aromatic rings. The SMILES string of the molecule is NCCCC[C@@H](C=O)NC(=O)[C@H](CC(=O)O)NC(=O)[C@H](CC(=O)O)NC(=O)[C@H](CC(=O)O)NC(=O)[C@@H](N)CC(=O)O. The van der Waals surface area contributed by atoms with E-state index < -0.39 is 103 Å². The van der Waals surface area contributed by atoms with Gasteiger partial charge in [-0.3, -0.25) is 38.4 Å². The fourth-order valence-electron chi connectivity index (χ4n) is 3.22. The zero-order valence-electron chi connectivity index (χ0n) is 21.7. The molecule has 5 atom stereocenters. The molecule has 0 unspecified atom stereocenters. The Balaban J connectivity index is 5.80. The van der Waals surface area contributed by atoms with Crippen molar-refractivity contribution in [2.45, 2.75) is 75.2 Å². The third kappa shape index (κ3) is 15.5. The lowest BCUT2D eigenvalue weighted by atomic mass is 10.1. The summed E-state index contributed by atoms with van der Waals surface area (Å²) in [6.07, 6.45) is -2.56. The molecule has 230 valence electrons. The zero-order valence-corrected chi connectivity index (χ0v) is 21.7. The van der Waals surface area contributed by atoms with Crippen LogP contribution in [0.25, 0.3) is 0 Å². The lowest BCUT2D eigenvalue weighted by molar-refractivity contribution is -0.144. The molecule has 19 heteroatoms.